The molecule has 1 fully saturated rings. The van der Waals surface area contributed by atoms with Crippen molar-refractivity contribution >= 4 is 0 Å². The van der Waals surface area contributed by atoms with Gasteiger partial charge in [-0.3, -0.25) is 0 Å². The molecular weight excluding hydrogens is 314 g/mol. The summed E-state index contributed by atoms with van der Waals surface area (Å²) in [6, 6.07) is 18.2. The zero-order chi connectivity index (χ0) is 18.8. The number of benzene rings is 2. The van der Waals surface area contributed by atoms with Crippen LogP contribution < -0.4 is 5.32 Å². The summed E-state index contributed by atoms with van der Waals surface area (Å²) in [6.07, 6.45) is 6.47. The zero-order valence-electron chi connectivity index (χ0n) is 16.8. The number of hydrogen-bond acceptors (Lipinski definition) is 1. The van der Waals surface area contributed by atoms with E-state index in [0.717, 1.165) is 12.8 Å². The monoisotopic (exact) mass is 347 g/mol. The summed E-state index contributed by atoms with van der Waals surface area (Å²) < 4.78 is 0. The molecule has 26 heavy (non-hydrogen) atoms. The first-order valence-electron chi connectivity index (χ1n) is 9.88. The molecule has 0 aliphatic carbocycles. The lowest BCUT2D eigenvalue weighted by atomic mass is 9.73. The van der Waals surface area contributed by atoms with Crippen LogP contribution in [0.2, 0.25) is 0 Å². The lowest BCUT2D eigenvalue weighted by Crippen LogP contribution is -2.57. The topological polar surface area (TPSA) is 12.0 Å². The van der Waals surface area contributed by atoms with E-state index in [1.54, 1.807) is 0 Å². The summed E-state index contributed by atoms with van der Waals surface area (Å²) in [5.74, 6) is 0.622. The SMILES string of the molecule is C=CCCc1ccc(-c2ccc(C3CC(C)(C)NC(C)(C)C3)cc2)cc1. The van der Waals surface area contributed by atoms with Gasteiger partial charge in [0.2, 0.25) is 0 Å². The molecule has 0 spiro atoms. The number of aryl methyl sites for hydroxylation is 1. The summed E-state index contributed by atoms with van der Waals surface area (Å²) in [6.45, 7) is 13.1. The molecule has 1 heteroatoms. The molecule has 0 radical (unpaired) electrons. The van der Waals surface area contributed by atoms with Gasteiger partial charge in [0.15, 0.2) is 0 Å². The molecule has 0 saturated carbocycles. The predicted molar refractivity (Wildman–Crippen MR) is 114 cm³/mol. The van der Waals surface area contributed by atoms with Gasteiger partial charge in [0.05, 0.1) is 0 Å². The van der Waals surface area contributed by atoms with Crippen LogP contribution in [-0.2, 0) is 6.42 Å². The molecule has 1 heterocycles. The van der Waals surface area contributed by atoms with Crippen molar-refractivity contribution in [3.8, 4) is 11.1 Å². The Bertz CT molecular complexity index is 719. The van der Waals surface area contributed by atoms with E-state index in [1.807, 2.05) is 6.08 Å². The van der Waals surface area contributed by atoms with Crippen molar-refractivity contribution < 1.29 is 0 Å². The van der Waals surface area contributed by atoms with E-state index in [9.17, 15) is 0 Å². The lowest BCUT2D eigenvalue weighted by Gasteiger charge is -2.46. The molecule has 0 aromatic heterocycles. The molecule has 1 nitrogen and oxygen atoms in total. The predicted octanol–water partition coefficient (Wildman–Crippen LogP) is 6.50. The van der Waals surface area contributed by atoms with E-state index in [0.29, 0.717) is 5.92 Å². The lowest BCUT2D eigenvalue weighted by molar-refractivity contribution is 0.162. The van der Waals surface area contributed by atoms with Gasteiger partial charge in [-0.2, -0.15) is 0 Å². The van der Waals surface area contributed by atoms with Crippen LogP contribution in [0.15, 0.2) is 61.2 Å². The van der Waals surface area contributed by atoms with Gasteiger partial charge in [-0.05, 0) is 81.5 Å². The number of piperidine rings is 1. The summed E-state index contributed by atoms with van der Waals surface area (Å²) in [4.78, 5) is 0. The van der Waals surface area contributed by atoms with Crippen molar-refractivity contribution in [2.45, 2.75) is 70.4 Å². The van der Waals surface area contributed by atoms with Crippen molar-refractivity contribution in [3.63, 3.8) is 0 Å². The van der Waals surface area contributed by atoms with Crippen molar-refractivity contribution in [2.75, 3.05) is 0 Å². The minimum absolute atomic E-state index is 0.187. The first-order chi connectivity index (χ1) is 12.3. The quantitative estimate of drug-likeness (QED) is 0.609. The highest BCUT2D eigenvalue weighted by Crippen LogP contribution is 2.39. The number of allylic oxidation sites excluding steroid dienone is 1. The standard InChI is InChI=1S/C25H33N/c1-6-7-8-19-9-11-20(12-10-19)21-13-15-22(16-14-21)23-17-24(2,3)26-25(4,5)18-23/h6,9-16,23,26H,1,7-8,17-18H2,2-5H3. The summed E-state index contributed by atoms with van der Waals surface area (Å²) in [7, 11) is 0. The van der Waals surface area contributed by atoms with Crippen molar-refractivity contribution in [2.24, 2.45) is 0 Å². The number of rotatable bonds is 5. The largest absolute Gasteiger partial charge is 0.307 e. The molecule has 138 valence electrons. The molecule has 1 saturated heterocycles. The van der Waals surface area contributed by atoms with Gasteiger partial charge in [0, 0.05) is 11.1 Å². The average Bonchev–Trinajstić information content (AvgIpc) is 2.58. The molecule has 3 rings (SSSR count). The van der Waals surface area contributed by atoms with Gasteiger partial charge in [-0.1, -0.05) is 54.6 Å². The Morgan fingerprint density at radius 2 is 1.38 bits per heavy atom. The van der Waals surface area contributed by atoms with E-state index in [2.05, 4.69) is 88.1 Å². The van der Waals surface area contributed by atoms with E-state index in [-0.39, 0.29) is 11.1 Å². The van der Waals surface area contributed by atoms with Crippen LogP contribution in [0.4, 0.5) is 0 Å². The van der Waals surface area contributed by atoms with Gasteiger partial charge in [0.25, 0.3) is 0 Å². The fraction of sp³-hybridized carbons (Fsp3) is 0.440. The second kappa shape index (κ2) is 7.40. The average molecular weight is 348 g/mol. The van der Waals surface area contributed by atoms with Crippen LogP contribution in [0.5, 0.6) is 0 Å². The van der Waals surface area contributed by atoms with Crippen molar-refractivity contribution in [1.29, 1.82) is 0 Å². The van der Waals surface area contributed by atoms with Crippen molar-refractivity contribution in [3.05, 3.63) is 72.3 Å². The highest BCUT2D eigenvalue weighted by Gasteiger charge is 2.38. The fourth-order valence-corrected chi connectivity index (χ4v) is 4.64. The van der Waals surface area contributed by atoms with E-state index in [1.165, 1.54) is 35.1 Å². The van der Waals surface area contributed by atoms with Crippen LogP contribution in [0.3, 0.4) is 0 Å². The van der Waals surface area contributed by atoms with Gasteiger partial charge >= 0.3 is 0 Å². The van der Waals surface area contributed by atoms with Crippen molar-refractivity contribution in [1.82, 2.24) is 5.32 Å². The molecule has 1 aliphatic rings. The van der Waals surface area contributed by atoms with Crippen LogP contribution in [0, 0.1) is 0 Å². The molecule has 0 unspecified atom stereocenters. The second-order valence-electron chi connectivity index (χ2n) is 9.14. The minimum Gasteiger partial charge on any atom is -0.307 e. The second-order valence-corrected chi connectivity index (χ2v) is 9.14. The Balaban J connectivity index is 1.75. The fourth-order valence-electron chi connectivity index (χ4n) is 4.64. The van der Waals surface area contributed by atoms with Crippen LogP contribution in [0.25, 0.3) is 11.1 Å². The molecule has 2 aromatic carbocycles. The summed E-state index contributed by atoms with van der Waals surface area (Å²) >= 11 is 0. The van der Waals surface area contributed by atoms with Crippen LogP contribution in [0.1, 0.15) is 64.0 Å². The normalized spacial score (nSPS) is 19.2. The smallest absolute Gasteiger partial charge is 0.0135 e. The summed E-state index contributed by atoms with van der Waals surface area (Å²) in [5.41, 5.74) is 5.82. The third kappa shape index (κ3) is 4.65. The van der Waals surface area contributed by atoms with Gasteiger partial charge in [-0.25, -0.2) is 0 Å². The maximum Gasteiger partial charge on any atom is 0.0135 e. The Morgan fingerprint density at radius 1 is 0.885 bits per heavy atom. The first kappa shape index (κ1) is 18.9. The minimum atomic E-state index is 0.187. The molecule has 1 aliphatic heterocycles. The van der Waals surface area contributed by atoms with Gasteiger partial charge in [0.1, 0.15) is 0 Å². The van der Waals surface area contributed by atoms with E-state index < -0.39 is 0 Å². The van der Waals surface area contributed by atoms with Gasteiger partial charge in [-0.15, -0.1) is 6.58 Å². The highest BCUT2D eigenvalue weighted by atomic mass is 15.0. The van der Waals surface area contributed by atoms with E-state index >= 15 is 0 Å². The zero-order valence-corrected chi connectivity index (χ0v) is 16.8. The Morgan fingerprint density at radius 3 is 1.88 bits per heavy atom. The highest BCUT2D eigenvalue weighted by molar-refractivity contribution is 5.64. The Labute approximate surface area is 159 Å². The Kier molecular flexibility index (Phi) is 5.39. The first-order valence-corrected chi connectivity index (χ1v) is 9.88. The molecule has 0 amide bonds. The molecule has 2 aromatic rings. The third-order valence-corrected chi connectivity index (χ3v) is 5.50. The molecule has 0 atom stereocenters. The molecular formula is C25H33N. The third-order valence-electron chi connectivity index (χ3n) is 5.50. The number of nitrogens with one attached hydrogen (secondary N) is 1. The van der Waals surface area contributed by atoms with E-state index in [4.69, 9.17) is 0 Å². The maximum atomic E-state index is 3.80. The Hall–Kier alpha value is -1.86. The molecule has 0 bridgehead atoms. The summed E-state index contributed by atoms with van der Waals surface area (Å²) in [5, 5.41) is 3.78. The maximum absolute atomic E-state index is 3.80. The molecule has 1 N–H and O–H groups in total. The van der Waals surface area contributed by atoms with Crippen LogP contribution in [-0.4, -0.2) is 11.1 Å². The van der Waals surface area contributed by atoms with Crippen LogP contribution >= 0.6 is 0 Å². The number of hydrogen-bond donors (Lipinski definition) is 1. The van der Waals surface area contributed by atoms with Gasteiger partial charge < -0.3 is 5.32 Å².